The van der Waals surface area contributed by atoms with Crippen LogP contribution >= 0.6 is 24.0 Å². The molecule has 5 nitrogen and oxygen atoms in total. The van der Waals surface area contributed by atoms with E-state index in [0.29, 0.717) is 35.4 Å². The molecule has 0 aromatic heterocycles. The summed E-state index contributed by atoms with van der Waals surface area (Å²) in [5.41, 5.74) is 0.388. The average molecular weight is 488 g/mol. The molecule has 0 bridgehead atoms. The molecule has 5 aliphatic rings. The van der Waals surface area contributed by atoms with Crippen LogP contribution in [0.2, 0.25) is 0 Å². The van der Waals surface area contributed by atoms with E-state index in [-0.39, 0.29) is 24.0 Å². The van der Waals surface area contributed by atoms with E-state index in [2.05, 4.69) is 29.4 Å². The largest absolute Gasteiger partial charge is 0.377 e. The van der Waals surface area contributed by atoms with E-state index in [1.54, 1.807) is 0 Å². The lowest BCUT2D eigenvalue weighted by atomic mass is 9.54. The van der Waals surface area contributed by atoms with Gasteiger partial charge in [-0.15, -0.1) is 24.0 Å². The molecule has 27 heavy (non-hydrogen) atoms. The number of rotatable bonds is 4. The normalized spacial score (nSPS) is 40.5. The van der Waals surface area contributed by atoms with Crippen LogP contribution in [-0.2, 0) is 4.74 Å². The van der Waals surface area contributed by atoms with Gasteiger partial charge < -0.3 is 15.4 Å². The summed E-state index contributed by atoms with van der Waals surface area (Å²) in [6, 6.07) is 1.96. The molecule has 6 heteroatoms. The number of ether oxygens (including phenoxy) is 1. The zero-order chi connectivity index (χ0) is 17.7. The Kier molecular flexibility index (Phi) is 5.97. The van der Waals surface area contributed by atoms with Gasteiger partial charge in [0.15, 0.2) is 5.96 Å². The Morgan fingerprint density at radius 2 is 1.93 bits per heavy atom. The number of guanidine groups is 1. The van der Waals surface area contributed by atoms with Gasteiger partial charge in [0.05, 0.1) is 6.10 Å². The summed E-state index contributed by atoms with van der Waals surface area (Å²) in [5.74, 6) is 2.45. The quantitative estimate of drug-likeness (QED) is 0.363. The molecule has 2 saturated heterocycles. The lowest BCUT2D eigenvalue weighted by Gasteiger charge is -2.57. The summed E-state index contributed by atoms with van der Waals surface area (Å²) in [4.78, 5) is 7.52. The van der Waals surface area contributed by atoms with E-state index >= 15 is 0 Å². The molecule has 154 valence electrons. The molecule has 5 fully saturated rings. The third-order valence-corrected chi connectivity index (χ3v) is 7.92. The minimum atomic E-state index is 0. The lowest BCUT2D eigenvalue weighted by Crippen LogP contribution is -2.69. The van der Waals surface area contributed by atoms with Crippen molar-refractivity contribution < 1.29 is 4.74 Å². The highest BCUT2D eigenvalue weighted by Gasteiger charge is 2.65. The maximum atomic E-state index is 6.15. The van der Waals surface area contributed by atoms with Crippen LogP contribution in [0.5, 0.6) is 0 Å². The first-order valence-corrected chi connectivity index (χ1v) is 11.1. The zero-order valence-corrected chi connectivity index (χ0v) is 19.3. The van der Waals surface area contributed by atoms with Gasteiger partial charge in [-0.2, -0.15) is 0 Å². The van der Waals surface area contributed by atoms with E-state index in [9.17, 15) is 0 Å². The highest BCUT2D eigenvalue weighted by atomic mass is 127. The second-order valence-electron chi connectivity index (χ2n) is 9.54. The second kappa shape index (κ2) is 7.98. The molecular weight excluding hydrogens is 451 g/mol. The first kappa shape index (κ1) is 20.2. The van der Waals surface area contributed by atoms with Gasteiger partial charge in [0.25, 0.3) is 0 Å². The van der Waals surface area contributed by atoms with E-state index in [4.69, 9.17) is 9.73 Å². The van der Waals surface area contributed by atoms with Gasteiger partial charge in [-0.05, 0) is 44.9 Å². The van der Waals surface area contributed by atoms with Crippen molar-refractivity contribution in [1.82, 2.24) is 15.5 Å². The lowest BCUT2D eigenvalue weighted by molar-refractivity contribution is -0.125. The van der Waals surface area contributed by atoms with Crippen molar-refractivity contribution in [1.29, 1.82) is 0 Å². The fourth-order valence-corrected chi connectivity index (χ4v) is 6.45. The van der Waals surface area contributed by atoms with Gasteiger partial charge in [0.1, 0.15) is 0 Å². The van der Waals surface area contributed by atoms with E-state index in [1.165, 1.54) is 58.0 Å². The summed E-state index contributed by atoms with van der Waals surface area (Å²) >= 11 is 0. The van der Waals surface area contributed by atoms with Crippen molar-refractivity contribution in [2.45, 2.75) is 83.0 Å². The first-order valence-electron chi connectivity index (χ1n) is 11.1. The standard InChI is InChI=1S/C21H36N4O.HI/c1-3-22-20(23-17-13-25(12-14(17)2)15-6-7-15)24-18-16-8-11-26-19(16)21(18)9-4-5-10-21;/h14-19H,3-13H2,1-2H3,(H2,22,23,24);1H. The molecule has 2 heterocycles. The molecule has 0 radical (unpaired) electrons. The highest BCUT2D eigenvalue weighted by Crippen LogP contribution is 2.60. The third kappa shape index (κ3) is 3.52. The minimum Gasteiger partial charge on any atom is -0.377 e. The number of hydrogen-bond acceptors (Lipinski definition) is 3. The van der Waals surface area contributed by atoms with Crippen molar-refractivity contribution in [2.24, 2.45) is 22.2 Å². The summed E-state index contributed by atoms with van der Waals surface area (Å²) in [5, 5.41) is 7.73. The Balaban J connectivity index is 0.00000180. The molecule has 5 unspecified atom stereocenters. The van der Waals surface area contributed by atoms with Crippen LogP contribution in [-0.4, -0.2) is 61.3 Å². The number of aliphatic imine (C=N–C) groups is 1. The van der Waals surface area contributed by atoms with Crippen LogP contribution in [0.4, 0.5) is 0 Å². The van der Waals surface area contributed by atoms with E-state index < -0.39 is 0 Å². The Morgan fingerprint density at radius 1 is 1.15 bits per heavy atom. The fraction of sp³-hybridized carbons (Fsp3) is 0.952. The summed E-state index contributed by atoms with van der Waals surface area (Å²) in [6.07, 6.45) is 9.95. The van der Waals surface area contributed by atoms with Crippen LogP contribution in [0, 0.1) is 17.3 Å². The van der Waals surface area contributed by atoms with Crippen molar-refractivity contribution in [2.75, 3.05) is 26.2 Å². The molecule has 5 atom stereocenters. The molecule has 3 saturated carbocycles. The maximum Gasteiger partial charge on any atom is 0.191 e. The molecular formula is C21H37IN4O. The minimum absolute atomic E-state index is 0. The molecule has 2 N–H and O–H groups in total. The molecule has 1 spiro atoms. The van der Waals surface area contributed by atoms with E-state index in [0.717, 1.165) is 25.2 Å². The highest BCUT2D eigenvalue weighted by molar-refractivity contribution is 14.0. The predicted octanol–water partition coefficient (Wildman–Crippen LogP) is 2.99. The number of hydrogen-bond donors (Lipinski definition) is 2. The number of fused-ring (bicyclic) bond motifs is 2. The molecule has 0 aromatic rings. The smallest absolute Gasteiger partial charge is 0.191 e. The van der Waals surface area contributed by atoms with Crippen LogP contribution in [0.1, 0.15) is 58.8 Å². The van der Waals surface area contributed by atoms with Crippen molar-refractivity contribution in [3.05, 3.63) is 0 Å². The van der Waals surface area contributed by atoms with Gasteiger partial charge in [-0.25, -0.2) is 0 Å². The Morgan fingerprint density at radius 3 is 2.63 bits per heavy atom. The monoisotopic (exact) mass is 488 g/mol. The summed E-state index contributed by atoms with van der Waals surface area (Å²) in [6.45, 7) is 8.76. The van der Waals surface area contributed by atoms with Gasteiger partial charge in [-0.1, -0.05) is 19.8 Å². The fourth-order valence-electron chi connectivity index (χ4n) is 6.45. The van der Waals surface area contributed by atoms with Gasteiger partial charge >= 0.3 is 0 Å². The topological polar surface area (TPSA) is 48.9 Å². The van der Waals surface area contributed by atoms with Crippen LogP contribution in [0.3, 0.4) is 0 Å². The molecule has 5 rings (SSSR count). The van der Waals surface area contributed by atoms with Crippen LogP contribution in [0.25, 0.3) is 0 Å². The molecule has 3 aliphatic carbocycles. The third-order valence-electron chi connectivity index (χ3n) is 7.92. The summed E-state index contributed by atoms with van der Waals surface area (Å²) in [7, 11) is 0. The first-order chi connectivity index (χ1) is 12.7. The van der Waals surface area contributed by atoms with Gasteiger partial charge in [0, 0.05) is 55.7 Å². The molecule has 2 aliphatic heterocycles. The van der Waals surface area contributed by atoms with Gasteiger partial charge in [-0.3, -0.25) is 9.89 Å². The number of halogens is 1. The van der Waals surface area contributed by atoms with Crippen LogP contribution < -0.4 is 10.6 Å². The predicted molar refractivity (Wildman–Crippen MR) is 120 cm³/mol. The zero-order valence-electron chi connectivity index (χ0n) is 17.0. The SMILES string of the molecule is CCN=C(NC1CN(C2CC2)CC1C)NC1C2CCOC2C12CCCC2.I. The molecule has 0 aromatic carbocycles. The van der Waals surface area contributed by atoms with E-state index in [1.807, 2.05) is 0 Å². The van der Waals surface area contributed by atoms with Crippen molar-refractivity contribution in [3.63, 3.8) is 0 Å². The molecule has 0 amide bonds. The number of likely N-dealkylation sites (tertiary alicyclic amines) is 1. The Labute approximate surface area is 181 Å². The Bertz CT molecular complexity index is 560. The Hall–Kier alpha value is -0.0800. The van der Waals surface area contributed by atoms with Crippen LogP contribution in [0.15, 0.2) is 4.99 Å². The maximum absolute atomic E-state index is 6.15. The second-order valence-corrected chi connectivity index (χ2v) is 9.54. The summed E-state index contributed by atoms with van der Waals surface area (Å²) < 4.78 is 6.15. The number of nitrogens with one attached hydrogen (secondary N) is 2. The van der Waals surface area contributed by atoms with Gasteiger partial charge in [0.2, 0.25) is 0 Å². The van der Waals surface area contributed by atoms with Crippen molar-refractivity contribution >= 4 is 29.9 Å². The van der Waals surface area contributed by atoms with Crippen molar-refractivity contribution in [3.8, 4) is 0 Å². The number of nitrogens with zero attached hydrogens (tertiary/aromatic N) is 2. The average Bonchev–Trinajstić information content (AvgIpc) is 3.04.